The molecule has 0 spiro atoms. The molecule has 1 rings (SSSR count). The number of hydrogen-bond acceptors (Lipinski definition) is 3. The molecule has 0 unspecified atom stereocenters. The highest BCUT2D eigenvalue weighted by Crippen LogP contribution is 2.28. The van der Waals surface area contributed by atoms with Crippen LogP contribution in [0.4, 0.5) is 5.69 Å². The maximum Gasteiger partial charge on any atom is 0.243 e. The fourth-order valence-electron chi connectivity index (χ4n) is 1.56. The summed E-state index contributed by atoms with van der Waals surface area (Å²) in [6.07, 6.45) is 2.99. The molecule has 1 aromatic carbocycles. The molecule has 0 aliphatic rings. The molecule has 2 N–H and O–H groups in total. The molecule has 92 valence electrons. The predicted molar refractivity (Wildman–Crippen MR) is 70.3 cm³/mol. The number of aromatic hydroxyl groups is 1. The monoisotopic (exact) mass is 234 g/mol. The second-order valence-electron chi connectivity index (χ2n) is 4.04. The summed E-state index contributed by atoms with van der Waals surface area (Å²) in [4.78, 5) is 13.1. The number of nitrogens with zero attached hydrogens (tertiary/aromatic N) is 1. The highest BCUT2D eigenvalue weighted by atomic mass is 16.3. The van der Waals surface area contributed by atoms with Gasteiger partial charge in [0.15, 0.2) is 0 Å². The molecule has 0 aliphatic heterocycles. The van der Waals surface area contributed by atoms with Crippen molar-refractivity contribution in [2.45, 2.75) is 6.92 Å². The minimum atomic E-state index is -0.198. The Kier molecular flexibility index (Phi) is 4.15. The van der Waals surface area contributed by atoms with Gasteiger partial charge in [0, 0.05) is 38.5 Å². The van der Waals surface area contributed by atoms with Crippen LogP contribution in [0.1, 0.15) is 11.1 Å². The molecule has 1 amide bonds. The average molecular weight is 234 g/mol. The number of aryl methyl sites for hydroxylation is 1. The summed E-state index contributed by atoms with van der Waals surface area (Å²) < 4.78 is 0. The Morgan fingerprint density at radius 3 is 2.59 bits per heavy atom. The summed E-state index contributed by atoms with van der Waals surface area (Å²) in [5.41, 5.74) is 2.63. The highest BCUT2D eigenvalue weighted by Gasteiger charge is 2.06. The van der Waals surface area contributed by atoms with Crippen molar-refractivity contribution >= 4 is 17.7 Å². The molecular formula is C13H18N2O2. The Morgan fingerprint density at radius 1 is 1.41 bits per heavy atom. The van der Waals surface area contributed by atoms with Gasteiger partial charge in [0.1, 0.15) is 5.75 Å². The quantitative estimate of drug-likeness (QED) is 0.780. The highest BCUT2D eigenvalue weighted by molar-refractivity contribution is 5.92. The Labute approximate surface area is 102 Å². The van der Waals surface area contributed by atoms with Crippen LogP contribution in [0.2, 0.25) is 0 Å². The number of phenols is 1. The van der Waals surface area contributed by atoms with Crippen LogP contribution in [0.5, 0.6) is 5.75 Å². The first-order chi connectivity index (χ1) is 7.95. The van der Waals surface area contributed by atoms with Gasteiger partial charge in [-0.25, -0.2) is 0 Å². The number of phenolic OH excluding ortho intramolecular Hbond substituents is 1. The van der Waals surface area contributed by atoms with E-state index in [0.717, 1.165) is 11.3 Å². The number of likely N-dealkylation sites (N-methyl/N-ethyl adjacent to an activating group) is 1. The van der Waals surface area contributed by atoms with Gasteiger partial charge in [-0.05, 0) is 30.7 Å². The molecule has 0 aliphatic carbocycles. The zero-order valence-corrected chi connectivity index (χ0v) is 10.6. The predicted octanol–water partition coefficient (Wildman–Crippen LogP) is 1.53. The first-order valence-electron chi connectivity index (χ1n) is 5.36. The van der Waals surface area contributed by atoms with Gasteiger partial charge in [0.25, 0.3) is 0 Å². The lowest BCUT2D eigenvalue weighted by molar-refractivity contribution is -0.115. The van der Waals surface area contributed by atoms with Gasteiger partial charge in [-0.3, -0.25) is 4.79 Å². The molecule has 4 nitrogen and oxygen atoms in total. The van der Waals surface area contributed by atoms with Crippen molar-refractivity contribution in [1.29, 1.82) is 0 Å². The maximum absolute atomic E-state index is 11.1. The van der Waals surface area contributed by atoms with Crippen LogP contribution in [0.25, 0.3) is 6.08 Å². The minimum Gasteiger partial charge on any atom is -0.507 e. The van der Waals surface area contributed by atoms with Crippen molar-refractivity contribution in [3.05, 3.63) is 29.3 Å². The fourth-order valence-corrected chi connectivity index (χ4v) is 1.56. The van der Waals surface area contributed by atoms with Crippen LogP contribution in [-0.2, 0) is 4.79 Å². The first kappa shape index (κ1) is 13.1. The topological polar surface area (TPSA) is 52.6 Å². The van der Waals surface area contributed by atoms with E-state index < -0.39 is 0 Å². The normalized spacial score (nSPS) is 10.6. The summed E-state index contributed by atoms with van der Waals surface area (Å²) in [5, 5.41) is 12.3. The van der Waals surface area contributed by atoms with E-state index in [9.17, 15) is 9.90 Å². The van der Waals surface area contributed by atoms with Crippen LogP contribution in [0, 0.1) is 6.92 Å². The van der Waals surface area contributed by atoms with Gasteiger partial charge in [-0.1, -0.05) is 0 Å². The maximum atomic E-state index is 11.1. The second kappa shape index (κ2) is 5.39. The summed E-state index contributed by atoms with van der Waals surface area (Å²) in [6.45, 7) is 1.93. The van der Waals surface area contributed by atoms with Gasteiger partial charge in [0.05, 0.1) is 0 Å². The lowest BCUT2D eigenvalue weighted by atomic mass is 10.1. The van der Waals surface area contributed by atoms with E-state index in [4.69, 9.17) is 0 Å². The molecule has 0 saturated carbocycles. The molecule has 17 heavy (non-hydrogen) atoms. The molecule has 1 aromatic rings. The van der Waals surface area contributed by atoms with Crippen LogP contribution in [-0.4, -0.2) is 32.2 Å². The average Bonchev–Trinajstić information content (AvgIpc) is 2.26. The second-order valence-corrected chi connectivity index (χ2v) is 4.04. The van der Waals surface area contributed by atoms with Crippen LogP contribution < -0.4 is 10.2 Å². The zero-order valence-electron chi connectivity index (χ0n) is 10.6. The van der Waals surface area contributed by atoms with Crippen molar-refractivity contribution in [3.63, 3.8) is 0 Å². The fraction of sp³-hybridized carbons (Fsp3) is 0.308. The summed E-state index contributed by atoms with van der Waals surface area (Å²) in [6, 6.07) is 3.54. The van der Waals surface area contributed by atoms with Gasteiger partial charge >= 0.3 is 0 Å². The van der Waals surface area contributed by atoms with Gasteiger partial charge < -0.3 is 15.3 Å². The standard InChI is InChI=1S/C13H18N2O2/c1-9-7-12(16)10(5-6-13(17)14-2)8-11(9)15(3)4/h5-8,16H,1-4H3,(H,14,17)/b6-5+. The van der Waals surface area contributed by atoms with Gasteiger partial charge in [0.2, 0.25) is 5.91 Å². The number of hydrogen-bond donors (Lipinski definition) is 2. The summed E-state index contributed by atoms with van der Waals surface area (Å²) in [7, 11) is 5.43. The summed E-state index contributed by atoms with van der Waals surface area (Å²) >= 11 is 0. The van der Waals surface area contributed by atoms with Crippen molar-refractivity contribution in [3.8, 4) is 5.75 Å². The number of anilines is 1. The third kappa shape index (κ3) is 3.24. The van der Waals surface area contributed by atoms with Gasteiger partial charge in [-0.15, -0.1) is 0 Å². The van der Waals surface area contributed by atoms with Gasteiger partial charge in [-0.2, -0.15) is 0 Å². The lowest BCUT2D eigenvalue weighted by Crippen LogP contribution is -2.14. The van der Waals surface area contributed by atoms with E-state index in [-0.39, 0.29) is 11.7 Å². The zero-order chi connectivity index (χ0) is 13.0. The number of nitrogens with one attached hydrogen (secondary N) is 1. The number of rotatable bonds is 3. The number of amides is 1. The molecule has 0 bridgehead atoms. The van der Waals surface area contributed by atoms with E-state index in [0.29, 0.717) is 5.56 Å². The molecule has 0 aromatic heterocycles. The molecule has 0 heterocycles. The molecule has 0 radical (unpaired) electrons. The molecular weight excluding hydrogens is 216 g/mol. The molecule has 0 fully saturated rings. The Morgan fingerprint density at radius 2 is 2.06 bits per heavy atom. The Bertz CT molecular complexity index is 451. The van der Waals surface area contributed by atoms with E-state index in [1.807, 2.05) is 32.0 Å². The SMILES string of the molecule is CNC(=O)/C=C/c1cc(N(C)C)c(C)cc1O. The number of carbonyl (C=O) groups is 1. The molecule has 4 heteroatoms. The Balaban J connectivity index is 3.12. The van der Waals surface area contributed by atoms with Crippen molar-refractivity contribution < 1.29 is 9.90 Å². The van der Waals surface area contributed by atoms with Crippen molar-refractivity contribution in [1.82, 2.24) is 5.32 Å². The number of carbonyl (C=O) groups excluding carboxylic acids is 1. The van der Waals surface area contributed by atoms with Crippen LogP contribution >= 0.6 is 0 Å². The van der Waals surface area contributed by atoms with Crippen molar-refractivity contribution in [2.75, 3.05) is 26.0 Å². The third-order valence-corrected chi connectivity index (χ3v) is 2.49. The van der Waals surface area contributed by atoms with E-state index >= 15 is 0 Å². The molecule has 0 atom stereocenters. The first-order valence-corrected chi connectivity index (χ1v) is 5.36. The van der Waals surface area contributed by atoms with Crippen LogP contribution in [0.3, 0.4) is 0 Å². The largest absolute Gasteiger partial charge is 0.507 e. The molecule has 0 saturated heterocycles. The van der Waals surface area contributed by atoms with E-state index in [1.54, 1.807) is 19.2 Å². The Hall–Kier alpha value is -1.97. The van der Waals surface area contributed by atoms with E-state index in [2.05, 4.69) is 5.32 Å². The minimum absolute atomic E-state index is 0.174. The van der Waals surface area contributed by atoms with E-state index in [1.165, 1.54) is 6.08 Å². The smallest absolute Gasteiger partial charge is 0.243 e. The summed E-state index contributed by atoms with van der Waals surface area (Å²) in [5.74, 6) is -0.0235. The number of benzene rings is 1. The van der Waals surface area contributed by atoms with Crippen LogP contribution in [0.15, 0.2) is 18.2 Å². The lowest BCUT2D eigenvalue weighted by Gasteiger charge is -2.17. The third-order valence-electron chi connectivity index (χ3n) is 2.49. The van der Waals surface area contributed by atoms with Crippen molar-refractivity contribution in [2.24, 2.45) is 0 Å².